The van der Waals surface area contributed by atoms with Gasteiger partial charge in [0.25, 0.3) is 5.69 Å². The molecular weight excluding hydrogens is 321 g/mol. The topological polar surface area (TPSA) is 179 Å². The maximum atomic E-state index is 11.1. The Balaban J connectivity index is 2.84. The summed E-state index contributed by atoms with van der Waals surface area (Å²) in [6.07, 6.45) is -0.116. The molecule has 0 aliphatic heterocycles. The first-order valence-corrected chi connectivity index (χ1v) is 7.66. The molecule has 0 aliphatic rings. The van der Waals surface area contributed by atoms with Crippen molar-refractivity contribution >= 4 is 19.0 Å². The quantitative estimate of drug-likeness (QED) is 0.351. The van der Waals surface area contributed by atoms with Crippen molar-refractivity contribution in [3.8, 4) is 5.75 Å². The molecule has 122 valence electrons. The Kier molecular flexibility index (Phi) is 5.94. The first kappa shape index (κ1) is 18.0. The van der Waals surface area contributed by atoms with Gasteiger partial charge in [-0.05, 0) is 12.5 Å². The van der Waals surface area contributed by atoms with Crippen LogP contribution < -0.4 is 10.5 Å². The summed E-state index contributed by atoms with van der Waals surface area (Å²) >= 11 is 0. The fourth-order valence-corrected chi connectivity index (χ4v) is 2.33. The maximum Gasteiger partial charge on any atom is 0.330 e. The Morgan fingerprint density at radius 3 is 2.36 bits per heavy atom. The maximum absolute atomic E-state index is 11.1. The molecule has 1 atom stereocenters. The average molecular weight is 335 g/mol. The standard InChI is InChI=1S/C10H14N3O8P/c11-6-8(22(18,19)20)3-4-21-10-2-1-7(12(14)15)5-9(10)13(16)17/h1-2,5,8H,3-4,6,11H2,(H2,18,19,20). The van der Waals surface area contributed by atoms with E-state index in [0.29, 0.717) is 0 Å². The largest absolute Gasteiger partial charge is 0.487 e. The lowest BCUT2D eigenvalue weighted by molar-refractivity contribution is -0.394. The molecule has 12 heteroatoms. The van der Waals surface area contributed by atoms with Gasteiger partial charge in [-0.1, -0.05) is 0 Å². The predicted octanol–water partition coefficient (Wildman–Crippen LogP) is 0.777. The molecule has 0 amide bonds. The van der Waals surface area contributed by atoms with E-state index in [1.54, 1.807) is 0 Å². The van der Waals surface area contributed by atoms with Crippen LogP contribution in [-0.4, -0.2) is 38.4 Å². The highest BCUT2D eigenvalue weighted by molar-refractivity contribution is 7.52. The molecule has 0 aromatic heterocycles. The second-order valence-corrected chi connectivity index (χ2v) is 6.19. The van der Waals surface area contributed by atoms with Crippen LogP contribution in [0.15, 0.2) is 18.2 Å². The lowest BCUT2D eigenvalue weighted by Gasteiger charge is -2.16. The number of hydrogen-bond acceptors (Lipinski definition) is 7. The van der Waals surface area contributed by atoms with Crippen molar-refractivity contribution in [2.45, 2.75) is 12.1 Å². The second-order valence-electron chi connectivity index (χ2n) is 4.28. The molecule has 0 fully saturated rings. The van der Waals surface area contributed by atoms with Gasteiger partial charge in [-0.2, -0.15) is 0 Å². The molecule has 0 spiro atoms. The summed E-state index contributed by atoms with van der Waals surface area (Å²) in [5.41, 5.74) is 3.05. The van der Waals surface area contributed by atoms with E-state index in [-0.39, 0.29) is 25.3 Å². The van der Waals surface area contributed by atoms with Gasteiger partial charge in [0, 0.05) is 12.6 Å². The van der Waals surface area contributed by atoms with E-state index in [2.05, 4.69) is 0 Å². The summed E-state index contributed by atoms with van der Waals surface area (Å²) < 4.78 is 16.2. The smallest absolute Gasteiger partial charge is 0.330 e. The van der Waals surface area contributed by atoms with Crippen LogP contribution in [-0.2, 0) is 4.57 Å². The van der Waals surface area contributed by atoms with Crippen molar-refractivity contribution in [2.24, 2.45) is 5.73 Å². The molecule has 4 N–H and O–H groups in total. The summed E-state index contributed by atoms with van der Waals surface area (Å²) in [6.45, 7) is -0.498. The number of ether oxygens (including phenoxy) is 1. The van der Waals surface area contributed by atoms with Gasteiger partial charge in [-0.3, -0.25) is 24.8 Å². The molecular formula is C10H14N3O8P. The van der Waals surface area contributed by atoms with Crippen LogP contribution in [0.5, 0.6) is 5.75 Å². The summed E-state index contributed by atoms with van der Waals surface area (Å²) in [7, 11) is -4.38. The van der Waals surface area contributed by atoms with Crippen molar-refractivity contribution in [3.63, 3.8) is 0 Å². The monoisotopic (exact) mass is 335 g/mol. The van der Waals surface area contributed by atoms with Crippen LogP contribution in [0.4, 0.5) is 11.4 Å². The zero-order valence-corrected chi connectivity index (χ0v) is 12.1. The minimum atomic E-state index is -4.38. The number of non-ortho nitro benzene ring substituents is 1. The normalized spacial score (nSPS) is 12.7. The van der Waals surface area contributed by atoms with Crippen molar-refractivity contribution < 1.29 is 28.9 Å². The van der Waals surface area contributed by atoms with Gasteiger partial charge in [0.05, 0.1) is 28.2 Å². The fourth-order valence-electron chi connectivity index (χ4n) is 1.61. The summed E-state index contributed by atoms with van der Waals surface area (Å²) in [5, 5.41) is 21.4. The van der Waals surface area contributed by atoms with Crippen LogP contribution in [0.2, 0.25) is 0 Å². The van der Waals surface area contributed by atoms with Gasteiger partial charge in [0.2, 0.25) is 0 Å². The summed E-state index contributed by atoms with van der Waals surface area (Å²) in [5.74, 6) is -0.225. The summed E-state index contributed by atoms with van der Waals surface area (Å²) in [6, 6.07) is 2.84. The lowest BCUT2D eigenvalue weighted by Crippen LogP contribution is -2.23. The van der Waals surface area contributed by atoms with Gasteiger partial charge in [-0.25, -0.2) is 0 Å². The Labute approximate surface area is 124 Å². The van der Waals surface area contributed by atoms with E-state index in [4.69, 9.17) is 20.3 Å². The number of hydrogen-bond donors (Lipinski definition) is 3. The molecule has 1 aromatic carbocycles. The number of nitro groups is 2. The van der Waals surface area contributed by atoms with Crippen LogP contribution in [0, 0.1) is 20.2 Å². The van der Waals surface area contributed by atoms with E-state index in [0.717, 1.165) is 18.2 Å². The predicted molar refractivity (Wildman–Crippen MR) is 74.7 cm³/mol. The Morgan fingerprint density at radius 1 is 1.27 bits per heavy atom. The second kappa shape index (κ2) is 7.27. The van der Waals surface area contributed by atoms with E-state index in [9.17, 15) is 24.8 Å². The number of rotatable bonds is 8. The van der Waals surface area contributed by atoms with E-state index < -0.39 is 34.5 Å². The van der Waals surface area contributed by atoms with Crippen LogP contribution in [0.1, 0.15) is 6.42 Å². The van der Waals surface area contributed by atoms with Crippen LogP contribution in [0.25, 0.3) is 0 Å². The minimum absolute atomic E-state index is 0.116. The highest BCUT2D eigenvalue weighted by Gasteiger charge is 2.27. The fraction of sp³-hybridized carbons (Fsp3) is 0.400. The Hall–Kier alpha value is -2.07. The van der Waals surface area contributed by atoms with Crippen molar-refractivity contribution in [3.05, 3.63) is 38.4 Å². The highest BCUT2D eigenvalue weighted by Crippen LogP contribution is 2.42. The molecule has 0 saturated carbocycles. The molecule has 22 heavy (non-hydrogen) atoms. The molecule has 1 aromatic rings. The van der Waals surface area contributed by atoms with E-state index in [1.807, 2.05) is 0 Å². The number of nitro benzene ring substituents is 2. The molecule has 0 bridgehead atoms. The van der Waals surface area contributed by atoms with Crippen LogP contribution in [0.3, 0.4) is 0 Å². The first-order chi connectivity index (χ1) is 10.2. The van der Waals surface area contributed by atoms with E-state index >= 15 is 0 Å². The Morgan fingerprint density at radius 2 is 1.91 bits per heavy atom. The minimum Gasteiger partial charge on any atom is -0.487 e. The molecule has 0 radical (unpaired) electrons. The van der Waals surface area contributed by atoms with Gasteiger partial charge in [0.15, 0.2) is 5.75 Å². The van der Waals surface area contributed by atoms with Gasteiger partial charge in [0.1, 0.15) is 0 Å². The molecule has 0 aliphatic carbocycles. The third kappa shape index (κ3) is 4.74. The zero-order chi connectivity index (χ0) is 16.9. The number of nitrogens with two attached hydrogens (primary N) is 1. The van der Waals surface area contributed by atoms with Crippen LogP contribution >= 0.6 is 7.60 Å². The summed E-state index contributed by atoms with van der Waals surface area (Å²) in [4.78, 5) is 37.8. The average Bonchev–Trinajstić information content (AvgIpc) is 2.41. The third-order valence-electron chi connectivity index (χ3n) is 2.81. The van der Waals surface area contributed by atoms with Gasteiger partial charge in [-0.15, -0.1) is 0 Å². The molecule has 1 rings (SSSR count). The molecule has 0 heterocycles. The Bertz CT molecular complexity index is 616. The number of benzene rings is 1. The van der Waals surface area contributed by atoms with Gasteiger partial charge >= 0.3 is 13.3 Å². The van der Waals surface area contributed by atoms with Crippen molar-refractivity contribution in [1.29, 1.82) is 0 Å². The highest BCUT2D eigenvalue weighted by atomic mass is 31.2. The van der Waals surface area contributed by atoms with E-state index in [1.165, 1.54) is 0 Å². The third-order valence-corrected chi connectivity index (χ3v) is 4.23. The number of nitrogens with zero attached hydrogens (tertiary/aromatic N) is 2. The molecule has 0 saturated heterocycles. The molecule has 11 nitrogen and oxygen atoms in total. The first-order valence-electron chi connectivity index (χ1n) is 5.97. The molecule has 1 unspecified atom stereocenters. The lowest BCUT2D eigenvalue weighted by atomic mass is 10.2. The van der Waals surface area contributed by atoms with Crippen molar-refractivity contribution in [2.75, 3.05) is 13.2 Å². The zero-order valence-electron chi connectivity index (χ0n) is 11.2. The van der Waals surface area contributed by atoms with Crippen molar-refractivity contribution in [1.82, 2.24) is 0 Å². The SMILES string of the molecule is NCC(CCOc1ccc([N+](=O)[O-])cc1[N+](=O)[O-])P(=O)(O)O. The van der Waals surface area contributed by atoms with Gasteiger partial charge < -0.3 is 20.3 Å².